The minimum atomic E-state index is -0.483. The van der Waals surface area contributed by atoms with Crippen molar-refractivity contribution in [3.8, 4) is 5.75 Å². The van der Waals surface area contributed by atoms with Gasteiger partial charge in [0.25, 0.3) is 5.91 Å². The van der Waals surface area contributed by atoms with Crippen molar-refractivity contribution in [3.63, 3.8) is 0 Å². The Hall–Kier alpha value is -1.07. The summed E-state index contributed by atoms with van der Waals surface area (Å²) in [6.07, 6.45) is 0.435. The molecule has 22 heavy (non-hydrogen) atoms. The quantitative estimate of drug-likeness (QED) is 0.762. The summed E-state index contributed by atoms with van der Waals surface area (Å²) in [5, 5.41) is 3.05. The maximum absolute atomic E-state index is 12.5. The van der Waals surface area contributed by atoms with E-state index in [9.17, 15) is 4.79 Å². The molecule has 2 unspecified atom stereocenters. The lowest BCUT2D eigenvalue weighted by Crippen LogP contribution is -2.45. The summed E-state index contributed by atoms with van der Waals surface area (Å²) in [4.78, 5) is 14.6. The van der Waals surface area contributed by atoms with Crippen LogP contribution in [0.1, 0.15) is 27.2 Å². The van der Waals surface area contributed by atoms with Crippen molar-refractivity contribution in [2.75, 3.05) is 20.6 Å². The smallest absolute Gasteiger partial charge is 0.261 e. The van der Waals surface area contributed by atoms with Gasteiger partial charge < -0.3 is 15.0 Å². The highest BCUT2D eigenvalue weighted by Crippen LogP contribution is 2.19. The molecule has 0 spiro atoms. The van der Waals surface area contributed by atoms with Crippen molar-refractivity contribution < 1.29 is 9.53 Å². The molecule has 1 aromatic rings. The molecule has 0 heterocycles. The van der Waals surface area contributed by atoms with E-state index < -0.39 is 6.10 Å². The van der Waals surface area contributed by atoms with Crippen LogP contribution < -0.4 is 10.1 Å². The molecule has 0 aromatic heterocycles. The van der Waals surface area contributed by atoms with Gasteiger partial charge in [0, 0.05) is 10.5 Å². The summed E-state index contributed by atoms with van der Waals surface area (Å²) >= 11 is 3.39. The maximum atomic E-state index is 12.5. The molecule has 0 aliphatic heterocycles. The molecule has 124 valence electrons. The van der Waals surface area contributed by atoms with Crippen LogP contribution in [0.15, 0.2) is 28.7 Å². The Morgan fingerprint density at radius 1 is 1.23 bits per heavy atom. The number of hydrogen-bond acceptors (Lipinski definition) is 3. The standard InChI is InChI=1S/C17H27BrN2O2/c1-12(2)16(22-15-8-6-14(18)7-9-15)17(21)19-13(3)10-11-20(4)5/h6-9,12-13,16H,10-11H2,1-5H3,(H,19,21). The number of hydrogen-bond donors (Lipinski definition) is 1. The number of halogens is 1. The number of rotatable bonds is 8. The van der Waals surface area contributed by atoms with Gasteiger partial charge in [-0.1, -0.05) is 29.8 Å². The predicted octanol–water partition coefficient (Wildman–Crippen LogP) is 3.31. The summed E-state index contributed by atoms with van der Waals surface area (Å²) in [5.41, 5.74) is 0. The first-order valence-electron chi connectivity index (χ1n) is 7.67. The number of carbonyl (C=O) groups is 1. The van der Waals surface area contributed by atoms with Crippen molar-refractivity contribution >= 4 is 21.8 Å². The second kappa shape index (κ2) is 9.16. The highest BCUT2D eigenvalue weighted by Gasteiger charge is 2.25. The molecular formula is C17H27BrN2O2. The molecule has 4 nitrogen and oxygen atoms in total. The molecule has 1 aromatic carbocycles. The van der Waals surface area contributed by atoms with E-state index >= 15 is 0 Å². The number of ether oxygens (including phenoxy) is 1. The molecule has 0 bridgehead atoms. The Kier molecular flexibility index (Phi) is 7.90. The van der Waals surface area contributed by atoms with Crippen molar-refractivity contribution in [3.05, 3.63) is 28.7 Å². The lowest BCUT2D eigenvalue weighted by atomic mass is 10.1. The minimum absolute atomic E-state index is 0.0517. The molecule has 2 atom stereocenters. The van der Waals surface area contributed by atoms with Gasteiger partial charge in [0.1, 0.15) is 5.75 Å². The first kappa shape index (κ1) is 19.0. The SMILES string of the molecule is CC(CCN(C)C)NC(=O)C(Oc1ccc(Br)cc1)C(C)C. The molecule has 1 amide bonds. The van der Waals surface area contributed by atoms with Gasteiger partial charge in [0.15, 0.2) is 6.10 Å². The first-order chi connectivity index (χ1) is 10.3. The summed E-state index contributed by atoms with van der Waals surface area (Å²) in [6, 6.07) is 7.67. The van der Waals surface area contributed by atoms with Crippen LogP contribution in [0.4, 0.5) is 0 Å². The Morgan fingerprint density at radius 2 is 1.82 bits per heavy atom. The summed E-state index contributed by atoms with van der Waals surface area (Å²) in [7, 11) is 4.06. The Morgan fingerprint density at radius 3 is 2.32 bits per heavy atom. The van der Waals surface area contributed by atoms with Crippen molar-refractivity contribution in [2.45, 2.75) is 39.3 Å². The highest BCUT2D eigenvalue weighted by molar-refractivity contribution is 9.10. The Labute approximate surface area is 142 Å². The molecule has 0 aliphatic rings. The number of carbonyl (C=O) groups excluding carboxylic acids is 1. The average molecular weight is 371 g/mol. The maximum Gasteiger partial charge on any atom is 0.261 e. The minimum Gasteiger partial charge on any atom is -0.480 e. The fourth-order valence-electron chi connectivity index (χ4n) is 2.00. The van der Waals surface area contributed by atoms with Crippen molar-refractivity contribution in [1.29, 1.82) is 0 Å². The van der Waals surface area contributed by atoms with E-state index in [1.807, 2.05) is 59.1 Å². The number of amides is 1. The molecule has 0 saturated carbocycles. The zero-order valence-electron chi connectivity index (χ0n) is 14.1. The summed E-state index contributed by atoms with van der Waals surface area (Å²) in [6.45, 7) is 6.96. The van der Waals surface area contributed by atoms with E-state index in [1.54, 1.807) is 0 Å². The van der Waals surface area contributed by atoms with Crippen LogP contribution in [0.5, 0.6) is 5.75 Å². The Bertz CT molecular complexity index is 460. The summed E-state index contributed by atoms with van der Waals surface area (Å²) < 4.78 is 6.86. The van der Waals surface area contributed by atoms with Crippen LogP contribution in [0.3, 0.4) is 0 Å². The van der Waals surface area contributed by atoms with E-state index in [0.29, 0.717) is 5.75 Å². The zero-order chi connectivity index (χ0) is 16.7. The van der Waals surface area contributed by atoms with Gasteiger partial charge in [-0.2, -0.15) is 0 Å². The third-order valence-electron chi connectivity index (χ3n) is 3.34. The number of nitrogens with zero attached hydrogens (tertiary/aromatic N) is 1. The van der Waals surface area contributed by atoms with Gasteiger partial charge in [-0.3, -0.25) is 4.79 Å². The molecule has 0 radical (unpaired) electrons. The number of nitrogens with one attached hydrogen (secondary N) is 1. The van der Waals surface area contributed by atoms with Gasteiger partial charge in [0.05, 0.1) is 0 Å². The monoisotopic (exact) mass is 370 g/mol. The van der Waals surface area contributed by atoms with Crippen molar-refractivity contribution in [1.82, 2.24) is 10.2 Å². The molecule has 0 aliphatic carbocycles. The first-order valence-corrected chi connectivity index (χ1v) is 8.46. The lowest BCUT2D eigenvalue weighted by molar-refractivity contribution is -0.130. The van der Waals surface area contributed by atoms with E-state index in [-0.39, 0.29) is 17.9 Å². The third-order valence-corrected chi connectivity index (χ3v) is 3.87. The molecular weight excluding hydrogens is 344 g/mol. The normalized spacial score (nSPS) is 14.0. The largest absolute Gasteiger partial charge is 0.480 e. The molecule has 0 saturated heterocycles. The van der Waals surface area contributed by atoms with E-state index in [4.69, 9.17) is 4.74 Å². The molecule has 5 heteroatoms. The summed E-state index contributed by atoms with van der Waals surface area (Å²) in [5.74, 6) is 0.756. The fourth-order valence-corrected chi connectivity index (χ4v) is 2.27. The highest BCUT2D eigenvalue weighted by atomic mass is 79.9. The van der Waals surface area contributed by atoms with Crippen LogP contribution in [0.2, 0.25) is 0 Å². The molecule has 1 N–H and O–H groups in total. The van der Waals surface area contributed by atoms with E-state index in [2.05, 4.69) is 26.1 Å². The number of benzene rings is 1. The lowest BCUT2D eigenvalue weighted by Gasteiger charge is -2.24. The average Bonchev–Trinajstić information content (AvgIpc) is 2.44. The van der Waals surface area contributed by atoms with Crippen molar-refractivity contribution in [2.24, 2.45) is 5.92 Å². The zero-order valence-corrected chi connectivity index (χ0v) is 15.7. The predicted molar refractivity (Wildman–Crippen MR) is 94.2 cm³/mol. The van der Waals surface area contributed by atoms with E-state index in [0.717, 1.165) is 17.4 Å². The fraction of sp³-hybridized carbons (Fsp3) is 0.588. The second-order valence-corrected chi connectivity index (χ2v) is 7.15. The molecule has 1 rings (SSSR count). The van der Waals surface area contributed by atoms with Gasteiger partial charge >= 0.3 is 0 Å². The van der Waals surface area contributed by atoms with Gasteiger partial charge in [-0.05, 0) is 64.2 Å². The van der Waals surface area contributed by atoms with Crippen LogP contribution in [0.25, 0.3) is 0 Å². The van der Waals surface area contributed by atoms with Gasteiger partial charge in [0.2, 0.25) is 0 Å². The topological polar surface area (TPSA) is 41.6 Å². The van der Waals surface area contributed by atoms with E-state index in [1.165, 1.54) is 0 Å². The second-order valence-electron chi connectivity index (χ2n) is 6.24. The Balaban J connectivity index is 2.62. The van der Waals surface area contributed by atoms with Gasteiger partial charge in [-0.15, -0.1) is 0 Å². The van der Waals surface area contributed by atoms with Crippen LogP contribution in [0, 0.1) is 5.92 Å². The van der Waals surface area contributed by atoms with Crippen LogP contribution in [-0.4, -0.2) is 43.6 Å². The molecule has 0 fully saturated rings. The van der Waals surface area contributed by atoms with Crippen LogP contribution in [-0.2, 0) is 4.79 Å². The third kappa shape index (κ3) is 6.79. The van der Waals surface area contributed by atoms with Gasteiger partial charge in [-0.25, -0.2) is 0 Å². The van der Waals surface area contributed by atoms with Crippen LogP contribution >= 0.6 is 15.9 Å².